The molecular weight excluding hydrogens is 695 g/mol. The van der Waals surface area contributed by atoms with Crippen LogP contribution in [0.5, 0.6) is 5.75 Å². The summed E-state index contributed by atoms with van der Waals surface area (Å²) in [5.41, 5.74) is 14.9. The zero-order valence-electron chi connectivity index (χ0n) is 34.3. The Balaban J connectivity index is 1.40. The second kappa shape index (κ2) is 14.7. The molecule has 0 radical (unpaired) electrons. The van der Waals surface area contributed by atoms with Crippen LogP contribution in [0.3, 0.4) is 0 Å². The van der Waals surface area contributed by atoms with Crippen molar-refractivity contribution in [3.63, 3.8) is 0 Å². The topological polar surface area (TPSA) is 50.9 Å². The number of para-hydroxylation sites is 2. The van der Waals surface area contributed by atoms with Crippen LogP contribution in [0.2, 0.25) is 0 Å². The Morgan fingerprint density at radius 1 is 0.544 bits per heavy atom. The third-order valence-corrected chi connectivity index (χ3v) is 11.0. The highest BCUT2D eigenvalue weighted by Gasteiger charge is 2.29. The molecule has 57 heavy (non-hydrogen) atoms. The van der Waals surface area contributed by atoms with Crippen molar-refractivity contribution in [3.8, 4) is 67.5 Å². The van der Waals surface area contributed by atoms with Crippen LogP contribution >= 0.6 is 0 Å². The van der Waals surface area contributed by atoms with E-state index in [-0.39, 0.29) is 16.6 Å². The summed E-state index contributed by atoms with van der Waals surface area (Å²) in [6.45, 7) is 17.6. The van der Waals surface area contributed by atoms with Crippen LogP contribution in [-0.4, -0.2) is 19.6 Å². The molecule has 2 heterocycles. The Bertz CT molecular complexity index is 2710. The molecule has 284 valence electrons. The average molecular weight is 746 g/mol. The fraction of sp³-hybridized carbons (Fsp3) is 0.208. The highest BCUT2D eigenvalue weighted by atomic mass is 16.3. The monoisotopic (exact) mass is 745 g/mol. The summed E-state index contributed by atoms with van der Waals surface area (Å²) in [6.07, 6.45) is 1.97. The Labute approximate surface area is 337 Å². The first-order valence-corrected chi connectivity index (χ1v) is 20.0. The normalized spacial score (nSPS) is 12.1. The number of aromatic hydroxyl groups is 1. The molecular formula is C53H51N3O. The Morgan fingerprint density at radius 2 is 1.19 bits per heavy atom. The van der Waals surface area contributed by atoms with Crippen LogP contribution in [-0.2, 0) is 10.8 Å². The van der Waals surface area contributed by atoms with Crippen molar-refractivity contribution in [2.45, 2.75) is 72.1 Å². The van der Waals surface area contributed by atoms with E-state index in [9.17, 15) is 5.11 Å². The molecule has 8 rings (SSSR count). The zero-order valence-corrected chi connectivity index (χ0v) is 34.3. The van der Waals surface area contributed by atoms with Crippen molar-refractivity contribution in [1.29, 1.82) is 0 Å². The summed E-state index contributed by atoms with van der Waals surface area (Å²) in [7, 11) is 0. The molecule has 6 aromatic carbocycles. The van der Waals surface area contributed by atoms with Gasteiger partial charge in [0.2, 0.25) is 0 Å². The molecule has 0 saturated heterocycles. The van der Waals surface area contributed by atoms with Crippen molar-refractivity contribution < 1.29 is 5.11 Å². The maximum absolute atomic E-state index is 12.3. The average Bonchev–Trinajstić information content (AvgIpc) is 3.60. The van der Waals surface area contributed by atoms with E-state index < -0.39 is 0 Å². The van der Waals surface area contributed by atoms with Crippen molar-refractivity contribution in [3.05, 3.63) is 168 Å². The number of rotatable bonds is 7. The van der Waals surface area contributed by atoms with Gasteiger partial charge in [-0.15, -0.1) is 0 Å². The Kier molecular flexibility index (Phi) is 9.69. The molecule has 0 aliphatic rings. The van der Waals surface area contributed by atoms with Gasteiger partial charge in [-0.05, 0) is 81.0 Å². The summed E-state index contributed by atoms with van der Waals surface area (Å²) in [4.78, 5) is 10.6. The lowest BCUT2D eigenvalue weighted by Gasteiger charge is -2.27. The molecule has 0 amide bonds. The SMILES string of the molecule is CC(C)c1cc(-c2ccc(-c3ccccc3)cn2)cc(-c2cccc3c2nc(-c2cc(C(C)(C)C)cc(C(C)(C)C)c2O)n3-c2ccccc2-c2ccccc2)c1. The fourth-order valence-corrected chi connectivity index (χ4v) is 7.75. The van der Waals surface area contributed by atoms with Gasteiger partial charge in [0.05, 0.1) is 28.0 Å². The third kappa shape index (κ3) is 7.29. The van der Waals surface area contributed by atoms with Crippen LogP contribution in [0, 0.1) is 0 Å². The molecule has 0 aliphatic heterocycles. The van der Waals surface area contributed by atoms with Crippen molar-refractivity contribution in [2.75, 3.05) is 0 Å². The predicted octanol–water partition coefficient (Wildman–Crippen LogP) is 14.2. The smallest absolute Gasteiger partial charge is 0.149 e. The lowest BCUT2D eigenvalue weighted by molar-refractivity contribution is 0.446. The Morgan fingerprint density at radius 3 is 1.84 bits per heavy atom. The number of hydrogen-bond acceptors (Lipinski definition) is 3. The van der Waals surface area contributed by atoms with Gasteiger partial charge >= 0.3 is 0 Å². The van der Waals surface area contributed by atoms with Gasteiger partial charge in [-0.1, -0.05) is 165 Å². The molecule has 0 fully saturated rings. The van der Waals surface area contributed by atoms with Gasteiger partial charge in [0.25, 0.3) is 0 Å². The minimum atomic E-state index is -0.301. The standard InChI is InChI=1S/C53H51N3O/c1-34(2)38-28-39(30-40(29-38)46-27-26-37(33-54-46)35-18-11-9-12-19-35)43-23-17-25-48-49(43)55-51(44-31-41(52(3,4)5)32-45(50(44)57)53(6,7)8)56(48)47-24-16-15-22-42(47)36-20-13-10-14-21-36/h9-34,57H,1-8H3. The van der Waals surface area contributed by atoms with E-state index in [1.165, 1.54) is 5.56 Å². The van der Waals surface area contributed by atoms with E-state index in [2.05, 4.69) is 193 Å². The highest BCUT2D eigenvalue weighted by molar-refractivity contribution is 5.97. The molecule has 8 aromatic rings. The van der Waals surface area contributed by atoms with Gasteiger partial charge in [0, 0.05) is 34.0 Å². The molecule has 0 unspecified atom stereocenters. The van der Waals surface area contributed by atoms with E-state index in [0.717, 1.165) is 78.0 Å². The molecule has 0 bridgehead atoms. The summed E-state index contributed by atoms with van der Waals surface area (Å²) in [5.74, 6) is 1.26. The number of nitrogens with zero attached hydrogens (tertiary/aromatic N) is 3. The summed E-state index contributed by atoms with van der Waals surface area (Å²) in [6, 6.07) is 51.3. The van der Waals surface area contributed by atoms with E-state index in [4.69, 9.17) is 9.97 Å². The number of hydrogen-bond donors (Lipinski definition) is 1. The molecule has 2 aromatic heterocycles. The van der Waals surface area contributed by atoms with Gasteiger partial charge in [0.15, 0.2) is 0 Å². The van der Waals surface area contributed by atoms with E-state index in [1.54, 1.807) is 0 Å². The number of benzene rings is 6. The summed E-state index contributed by atoms with van der Waals surface area (Å²) in [5, 5.41) is 12.3. The van der Waals surface area contributed by atoms with E-state index >= 15 is 0 Å². The highest BCUT2D eigenvalue weighted by Crippen LogP contribution is 2.45. The number of phenolic OH excluding ortho intramolecular Hbond substituents is 1. The minimum absolute atomic E-state index is 0.159. The number of phenols is 1. The number of pyridine rings is 1. The Hall–Kier alpha value is -6.26. The van der Waals surface area contributed by atoms with E-state index in [1.807, 2.05) is 18.3 Å². The van der Waals surface area contributed by atoms with Gasteiger partial charge in [-0.2, -0.15) is 0 Å². The molecule has 0 aliphatic carbocycles. The molecule has 4 heteroatoms. The van der Waals surface area contributed by atoms with Crippen molar-refractivity contribution in [1.82, 2.24) is 14.5 Å². The largest absolute Gasteiger partial charge is 0.507 e. The van der Waals surface area contributed by atoms with Crippen LogP contribution in [0.4, 0.5) is 0 Å². The lowest BCUT2D eigenvalue weighted by Crippen LogP contribution is -2.17. The summed E-state index contributed by atoms with van der Waals surface area (Å²) >= 11 is 0. The van der Waals surface area contributed by atoms with Crippen LogP contribution < -0.4 is 0 Å². The number of fused-ring (bicyclic) bond motifs is 1. The third-order valence-electron chi connectivity index (χ3n) is 11.0. The van der Waals surface area contributed by atoms with Gasteiger partial charge in [-0.3, -0.25) is 9.55 Å². The maximum Gasteiger partial charge on any atom is 0.149 e. The van der Waals surface area contributed by atoms with Crippen LogP contribution in [0.15, 0.2) is 152 Å². The molecule has 0 atom stereocenters. The van der Waals surface area contributed by atoms with Crippen molar-refractivity contribution in [2.24, 2.45) is 0 Å². The van der Waals surface area contributed by atoms with E-state index in [0.29, 0.717) is 11.7 Å². The maximum atomic E-state index is 12.3. The van der Waals surface area contributed by atoms with Crippen molar-refractivity contribution >= 4 is 11.0 Å². The fourth-order valence-electron chi connectivity index (χ4n) is 7.75. The van der Waals surface area contributed by atoms with Gasteiger partial charge in [-0.25, -0.2) is 4.98 Å². The first-order valence-electron chi connectivity index (χ1n) is 20.0. The molecule has 0 saturated carbocycles. The minimum Gasteiger partial charge on any atom is -0.507 e. The predicted molar refractivity (Wildman–Crippen MR) is 239 cm³/mol. The molecule has 1 N–H and O–H groups in total. The molecule has 4 nitrogen and oxygen atoms in total. The summed E-state index contributed by atoms with van der Waals surface area (Å²) < 4.78 is 2.26. The second-order valence-corrected chi connectivity index (χ2v) is 17.5. The lowest BCUT2D eigenvalue weighted by atomic mass is 9.79. The number of imidazole rings is 1. The second-order valence-electron chi connectivity index (χ2n) is 17.5. The quantitative estimate of drug-likeness (QED) is 0.177. The van der Waals surface area contributed by atoms with Gasteiger partial charge in [0.1, 0.15) is 11.6 Å². The first kappa shape index (κ1) is 37.7. The van der Waals surface area contributed by atoms with Crippen LogP contribution in [0.25, 0.3) is 72.7 Å². The van der Waals surface area contributed by atoms with Gasteiger partial charge < -0.3 is 5.11 Å². The molecule has 0 spiro atoms. The number of aromatic nitrogens is 3. The first-order chi connectivity index (χ1) is 27.3. The van der Waals surface area contributed by atoms with Crippen LogP contribution in [0.1, 0.15) is 78.0 Å². The zero-order chi connectivity index (χ0) is 40.1.